The third-order valence-corrected chi connectivity index (χ3v) is 3.57. The van der Waals surface area contributed by atoms with Crippen molar-refractivity contribution in [3.63, 3.8) is 0 Å². The molecule has 1 aliphatic carbocycles. The molecule has 0 saturated heterocycles. The van der Waals surface area contributed by atoms with Gasteiger partial charge in [-0.25, -0.2) is 0 Å². The fraction of sp³-hybridized carbons (Fsp3) is 0.125. The van der Waals surface area contributed by atoms with Crippen LogP contribution < -0.4 is 0 Å². The summed E-state index contributed by atoms with van der Waals surface area (Å²) in [6.45, 7) is 3.51. The van der Waals surface area contributed by atoms with E-state index in [0.29, 0.717) is 0 Å². The number of allylic oxidation sites excluding steroid dienone is 1. The molecule has 0 amide bonds. The van der Waals surface area contributed by atoms with Gasteiger partial charge in [0, 0.05) is 10.2 Å². The first-order valence-corrected chi connectivity index (χ1v) is 7.55. The van der Waals surface area contributed by atoms with Gasteiger partial charge in [0.1, 0.15) is 0 Å². The van der Waals surface area contributed by atoms with Crippen LogP contribution in [0.25, 0.3) is 11.1 Å². The molecule has 0 fully saturated rings. The summed E-state index contributed by atoms with van der Waals surface area (Å²) in [5, 5.41) is 0. The average Bonchev–Trinajstić information content (AvgIpc) is 2.77. The van der Waals surface area contributed by atoms with E-state index in [1.807, 2.05) is 6.08 Å². The summed E-state index contributed by atoms with van der Waals surface area (Å²) in [7, 11) is 1.27. The average molecular weight is 238 g/mol. The van der Waals surface area contributed by atoms with Crippen molar-refractivity contribution in [2.24, 2.45) is 0 Å². The largest absolute Gasteiger partial charge is 0.103 e. The third kappa shape index (κ3) is 2.56. The van der Waals surface area contributed by atoms with Crippen molar-refractivity contribution in [2.75, 3.05) is 0 Å². The van der Waals surface area contributed by atoms with Crippen LogP contribution >= 0.6 is 0 Å². The molecule has 17 heavy (non-hydrogen) atoms. The lowest BCUT2D eigenvalue weighted by Gasteiger charge is -1.98. The van der Waals surface area contributed by atoms with Gasteiger partial charge in [-0.3, -0.25) is 0 Å². The van der Waals surface area contributed by atoms with Crippen molar-refractivity contribution in [3.05, 3.63) is 72.3 Å². The van der Waals surface area contributed by atoms with Gasteiger partial charge in [-0.15, -0.1) is 6.58 Å². The lowest BCUT2D eigenvalue weighted by molar-refractivity contribution is 1.26. The van der Waals surface area contributed by atoms with Crippen LogP contribution in [-0.2, 0) is 6.42 Å². The Kier molecular flexibility index (Phi) is 3.94. The highest BCUT2D eigenvalue weighted by atomic mass is 28.1. The minimum Gasteiger partial charge on any atom is -0.103 e. The van der Waals surface area contributed by atoms with Crippen molar-refractivity contribution in [2.45, 2.75) is 12.5 Å². The van der Waals surface area contributed by atoms with Crippen LogP contribution in [-0.4, -0.2) is 10.2 Å². The van der Waals surface area contributed by atoms with Crippen LogP contribution in [0.2, 0.25) is 6.04 Å². The monoisotopic (exact) mass is 238 g/mol. The van der Waals surface area contributed by atoms with Crippen LogP contribution in [0.4, 0.5) is 0 Å². The van der Waals surface area contributed by atoms with Crippen LogP contribution in [0.1, 0.15) is 11.1 Å². The molecule has 1 heteroatoms. The molecular formula is C16H18Si. The summed E-state index contributed by atoms with van der Waals surface area (Å²) >= 11 is 0. The van der Waals surface area contributed by atoms with E-state index in [0.717, 1.165) is 6.42 Å². The molecule has 0 aliphatic heterocycles. The van der Waals surface area contributed by atoms with Crippen molar-refractivity contribution < 1.29 is 0 Å². The standard InChI is InChI=1S/C13H10.C3H8Si/c1-3-7-12-10(5-1)9-11-6-2-4-8-13(11)12;1-2-3-4/h1-8H,9H2;2H,1,3H2,4H3. The van der Waals surface area contributed by atoms with E-state index in [1.54, 1.807) is 0 Å². The second-order valence-electron chi connectivity index (χ2n) is 4.19. The molecule has 0 spiro atoms. The third-order valence-electron chi connectivity index (χ3n) is 2.99. The van der Waals surface area contributed by atoms with E-state index in [4.69, 9.17) is 0 Å². The van der Waals surface area contributed by atoms with Gasteiger partial charge in [0.2, 0.25) is 0 Å². The SMILES string of the molecule is C=CC[SiH3].c1ccc2c(c1)Cc1ccccc1-2. The molecule has 0 bridgehead atoms. The van der Waals surface area contributed by atoms with Crippen molar-refractivity contribution >= 4 is 10.2 Å². The van der Waals surface area contributed by atoms with Gasteiger partial charge in [-0.1, -0.05) is 54.6 Å². The second-order valence-corrected chi connectivity index (χ2v) is 5.00. The van der Waals surface area contributed by atoms with E-state index < -0.39 is 0 Å². The van der Waals surface area contributed by atoms with E-state index in [2.05, 4.69) is 55.1 Å². The molecule has 0 nitrogen and oxygen atoms in total. The molecule has 86 valence electrons. The maximum absolute atomic E-state index is 3.51. The molecule has 0 saturated carbocycles. The lowest BCUT2D eigenvalue weighted by Crippen LogP contribution is -1.77. The number of hydrogen-bond acceptors (Lipinski definition) is 0. The Hall–Kier alpha value is -1.60. The highest BCUT2D eigenvalue weighted by Gasteiger charge is 2.15. The van der Waals surface area contributed by atoms with Crippen LogP contribution in [0.5, 0.6) is 0 Å². The van der Waals surface area contributed by atoms with E-state index >= 15 is 0 Å². The van der Waals surface area contributed by atoms with Crippen molar-refractivity contribution in [1.82, 2.24) is 0 Å². The smallest absolute Gasteiger partial charge is 0.00753 e. The molecule has 0 heterocycles. The summed E-state index contributed by atoms with van der Waals surface area (Å²) < 4.78 is 0. The fourth-order valence-electron chi connectivity index (χ4n) is 2.08. The zero-order valence-corrected chi connectivity index (χ0v) is 12.3. The lowest BCUT2D eigenvalue weighted by atomic mass is 10.1. The molecule has 2 aromatic rings. The molecular weight excluding hydrogens is 220 g/mol. The molecule has 0 aromatic heterocycles. The first-order chi connectivity index (χ1) is 8.36. The summed E-state index contributed by atoms with van der Waals surface area (Å²) in [4.78, 5) is 0. The Balaban J connectivity index is 0.000000239. The quantitative estimate of drug-likeness (QED) is 0.451. The van der Waals surface area contributed by atoms with Gasteiger partial charge in [-0.05, 0) is 34.7 Å². The molecule has 2 aromatic carbocycles. The topological polar surface area (TPSA) is 0 Å². The molecule has 1 aliphatic rings. The highest BCUT2D eigenvalue weighted by Crippen LogP contribution is 2.35. The zero-order valence-electron chi connectivity index (χ0n) is 10.3. The van der Waals surface area contributed by atoms with E-state index in [1.165, 1.54) is 38.5 Å². The van der Waals surface area contributed by atoms with Gasteiger partial charge in [0.25, 0.3) is 0 Å². The van der Waals surface area contributed by atoms with E-state index in [9.17, 15) is 0 Å². The van der Waals surface area contributed by atoms with Crippen molar-refractivity contribution in [1.29, 1.82) is 0 Å². The van der Waals surface area contributed by atoms with Gasteiger partial charge in [-0.2, -0.15) is 0 Å². The fourth-order valence-corrected chi connectivity index (χ4v) is 2.08. The predicted molar refractivity (Wildman–Crippen MR) is 79.6 cm³/mol. The number of fused-ring (bicyclic) bond motifs is 3. The number of rotatable bonds is 1. The second kappa shape index (κ2) is 5.64. The van der Waals surface area contributed by atoms with Crippen molar-refractivity contribution in [3.8, 4) is 11.1 Å². The normalized spacial score (nSPS) is 11.1. The highest BCUT2D eigenvalue weighted by molar-refractivity contribution is 6.09. The molecule has 3 rings (SSSR count). The summed E-state index contributed by atoms with van der Waals surface area (Å²) in [5.74, 6) is 0. The van der Waals surface area contributed by atoms with Gasteiger partial charge >= 0.3 is 0 Å². The molecule has 0 radical (unpaired) electrons. The minimum absolute atomic E-state index is 1.10. The Bertz CT molecular complexity index is 471. The molecule has 0 atom stereocenters. The Labute approximate surface area is 106 Å². The predicted octanol–water partition coefficient (Wildman–Crippen LogP) is 3.21. The Morgan fingerprint density at radius 1 is 0.941 bits per heavy atom. The minimum atomic E-state index is 1.10. The van der Waals surface area contributed by atoms with Gasteiger partial charge < -0.3 is 0 Å². The maximum atomic E-state index is 3.51. The van der Waals surface area contributed by atoms with Gasteiger partial charge in [0.05, 0.1) is 0 Å². The Morgan fingerprint density at radius 3 is 1.76 bits per heavy atom. The number of benzene rings is 2. The molecule has 0 unspecified atom stereocenters. The van der Waals surface area contributed by atoms with E-state index in [-0.39, 0.29) is 0 Å². The zero-order chi connectivity index (χ0) is 12.1. The summed E-state index contributed by atoms with van der Waals surface area (Å²) in [6, 6.07) is 18.5. The molecule has 0 N–H and O–H groups in total. The summed E-state index contributed by atoms with van der Waals surface area (Å²) in [5.41, 5.74) is 5.75. The van der Waals surface area contributed by atoms with Gasteiger partial charge in [0.15, 0.2) is 0 Å². The first-order valence-electron chi connectivity index (χ1n) is 6.14. The van der Waals surface area contributed by atoms with Crippen LogP contribution in [0.3, 0.4) is 0 Å². The van der Waals surface area contributed by atoms with Crippen LogP contribution in [0, 0.1) is 0 Å². The Morgan fingerprint density at radius 2 is 1.35 bits per heavy atom. The van der Waals surface area contributed by atoms with Crippen LogP contribution in [0.15, 0.2) is 61.2 Å². The number of hydrogen-bond donors (Lipinski definition) is 0. The summed E-state index contributed by atoms with van der Waals surface area (Å²) in [6.07, 6.45) is 3.04. The first kappa shape index (κ1) is 11.9. The maximum Gasteiger partial charge on any atom is 0.00753 e.